The Hall–Kier alpha value is -3.70. The van der Waals surface area contributed by atoms with Crippen molar-refractivity contribution < 1.29 is 27.9 Å². The number of nitrogens with zero attached hydrogens (tertiary/aromatic N) is 4. The first-order valence-electron chi connectivity index (χ1n) is 11.5. The summed E-state index contributed by atoms with van der Waals surface area (Å²) in [4.78, 5) is 21.4. The van der Waals surface area contributed by atoms with Crippen LogP contribution in [-0.2, 0) is 11.3 Å². The Balaban J connectivity index is 1.34. The molecule has 4 aromatic rings. The van der Waals surface area contributed by atoms with Crippen LogP contribution in [-0.4, -0.2) is 48.9 Å². The van der Waals surface area contributed by atoms with Crippen molar-refractivity contribution in [2.24, 2.45) is 0 Å². The summed E-state index contributed by atoms with van der Waals surface area (Å²) >= 11 is 0. The molecular formula is C25H25F2N5O4. The lowest BCUT2D eigenvalue weighted by Gasteiger charge is -2.17. The molecule has 0 radical (unpaired) electrons. The number of benzene rings is 1. The Bertz CT molecular complexity index is 1440. The summed E-state index contributed by atoms with van der Waals surface area (Å²) in [6.45, 7) is 5.01. The maximum absolute atomic E-state index is 15.0. The van der Waals surface area contributed by atoms with Crippen LogP contribution in [0.5, 0.6) is 0 Å². The molecule has 1 amide bonds. The van der Waals surface area contributed by atoms with Crippen LogP contribution in [0, 0.1) is 12.7 Å². The van der Waals surface area contributed by atoms with Crippen molar-refractivity contribution in [1.29, 1.82) is 0 Å². The third kappa shape index (κ3) is 4.84. The van der Waals surface area contributed by atoms with E-state index in [1.165, 1.54) is 16.7 Å². The summed E-state index contributed by atoms with van der Waals surface area (Å²) in [6, 6.07) is 6.78. The van der Waals surface area contributed by atoms with Gasteiger partial charge in [-0.25, -0.2) is 13.8 Å². The van der Waals surface area contributed by atoms with Crippen molar-refractivity contribution in [2.75, 3.05) is 11.9 Å². The summed E-state index contributed by atoms with van der Waals surface area (Å²) in [5.74, 6) is -0.873. The van der Waals surface area contributed by atoms with Gasteiger partial charge in [0.05, 0.1) is 30.9 Å². The van der Waals surface area contributed by atoms with E-state index in [-0.39, 0.29) is 41.9 Å². The smallest absolute Gasteiger partial charge is 0.274 e. The Morgan fingerprint density at radius 1 is 1.36 bits per heavy atom. The molecule has 1 aliphatic rings. The quantitative estimate of drug-likeness (QED) is 0.375. The highest BCUT2D eigenvalue weighted by molar-refractivity contribution is 6.04. The van der Waals surface area contributed by atoms with Gasteiger partial charge in [0.15, 0.2) is 11.5 Å². The molecule has 1 fully saturated rings. The van der Waals surface area contributed by atoms with E-state index >= 15 is 0 Å². The summed E-state index contributed by atoms with van der Waals surface area (Å²) in [5.41, 5.74) is 1.25. The number of carbonyl (C=O) groups excluding carboxylic acids is 1. The van der Waals surface area contributed by atoms with E-state index in [9.17, 15) is 18.7 Å². The van der Waals surface area contributed by atoms with Gasteiger partial charge in [0.1, 0.15) is 11.9 Å². The van der Waals surface area contributed by atoms with Crippen molar-refractivity contribution >= 4 is 17.2 Å². The monoisotopic (exact) mass is 497 g/mol. The first kappa shape index (κ1) is 24.0. The number of nitrogens with one attached hydrogen (secondary N) is 1. The molecule has 1 aromatic carbocycles. The van der Waals surface area contributed by atoms with E-state index in [0.29, 0.717) is 23.5 Å². The van der Waals surface area contributed by atoms with Crippen molar-refractivity contribution in [3.05, 3.63) is 65.2 Å². The number of aliphatic hydroxyl groups is 1. The number of alkyl halides is 1. The predicted molar refractivity (Wildman–Crippen MR) is 126 cm³/mol. The van der Waals surface area contributed by atoms with E-state index in [0.717, 1.165) is 5.56 Å². The molecule has 3 aromatic heterocycles. The fourth-order valence-corrected chi connectivity index (χ4v) is 3.75. The van der Waals surface area contributed by atoms with E-state index in [4.69, 9.17) is 9.26 Å². The fourth-order valence-electron chi connectivity index (χ4n) is 3.75. The molecule has 5 rings (SSSR count). The minimum atomic E-state index is -1.03. The first-order chi connectivity index (χ1) is 17.1. The second-order valence-electron chi connectivity index (χ2n) is 9.60. The van der Waals surface area contributed by atoms with Crippen molar-refractivity contribution in [3.63, 3.8) is 0 Å². The standard InChI is InChI=1S/C25H25F2N5O4/c1-13-4-5-14(21-30-24(36-31-21)16-9-17(16)26)8-18(13)29-23(33)19-10-28-22-20(27)15(6-7-32(19)22)11-35-12-25(2,3)34/h4-8,10,16-17,34H,9,11-12H2,1-3H3,(H,29,33)/t16-,17-/m0/s1. The minimum absolute atomic E-state index is 0.0134. The number of amides is 1. The zero-order chi connectivity index (χ0) is 25.6. The van der Waals surface area contributed by atoms with Crippen LogP contribution in [0.4, 0.5) is 14.5 Å². The van der Waals surface area contributed by atoms with E-state index in [1.807, 2.05) is 6.92 Å². The van der Waals surface area contributed by atoms with Gasteiger partial charge >= 0.3 is 0 Å². The largest absolute Gasteiger partial charge is 0.388 e. The van der Waals surface area contributed by atoms with Gasteiger partial charge in [-0.1, -0.05) is 17.3 Å². The molecule has 1 saturated carbocycles. The first-order valence-corrected chi connectivity index (χ1v) is 11.5. The van der Waals surface area contributed by atoms with Gasteiger partial charge in [0.2, 0.25) is 11.7 Å². The summed E-state index contributed by atoms with van der Waals surface area (Å²) in [5, 5.41) is 16.5. The van der Waals surface area contributed by atoms with Crippen molar-refractivity contribution in [3.8, 4) is 11.4 Å². The molecule has 0 spiro atoms. The average Bonchev–Trinajstić information content (AvgIpc) is 3.21. The third-order valence-corrected chi connectivity index (χ3v) is 5.86. The van der Waals surface area contributed by atoms with E-state index < -0.39 is 23.5 Å². The Morgan fingerprint density at radius 2 is 2.14 bits per heavy atom. The molecule has 2 atom stereocenters. The highest BCUT2D eigenvalue weighted by atomic mass is 19.1. The lowest BCUT2D eigenvalue weighted by atomic mass is 10.1. The van der Waals surface area contributed by atoms with Gasteiger partial charge in [-0.2, -0.15) is 4.98 Å². The SMILES string of the molecule is Cc1ccc(-c2noc([C@H]3C[C@@H]3F)n2)cc1NC(=O)c1cnc2c(F)c(COCC(C)(C)O)ccn12. The summed E-state index contributed by atoms with van der Waals surface area (Å²) in [6.07, 6.45) is 2.27. The molecular weight excluding hydrogens is 472 g/mol. The Morgan fingerprint density at radius 3 is 2.86 bits per heavy atom. The van der Waals surface area contributed by atoms with Gasteiger partial charge in [-0.05, 0) is 44.9 Å². The minimum Gasteiger partial charge on any atom is -0.388 e. The number of imidazole rings is 1. The number of pyridine rings is 1. The molecule has 0 bridgehead atoms. The fraction of sp³-hybridized carbons (Fsp3) is 0.360. The zero-order valence-electron chi connectivity index (χ0n) is 20.0. The molecule has 11 heteroatoms. The number of hydrogen-bond donors (Lipinski definition) is 2. The third-order valence-electron chi connectivity index (χ3n) is 5.86. The molecule has 188 valence electrons. The second-order valence-corrected chi connectivity index (χ2v) is 9.60. The number of anilines is 1. The lowest BCUT2D eigenvalue weighted by Crippen LogP contribution is -2.26. The van der Waals surface area contributed by atoms with Crippen LogP contribution in [0.1, 0.15) is 53.7 Å². The Kier molecular flexibility index (Phi) is 6.05. The van der Waals surface area contributed by atoms with Gasteiger partial charge < -0.3 is 19.7 Å². The van der Waals surface area contributed by atoms with Crippen LogP contribution in [0.2, 0.25) is 0 Å². The number of aryl methyl sites for hydroxylation is 1. The average molecular weight is 498 g/mol. The second kappa shape index (κ2) is 9.07. The van der Waals surface area contributed by atoms with Gasteiger partial charge in [-0.3, -0.25) is 9.20 Å². The van der Waals surface area contributed by atoms with Gasteiger partial charge in [-0.15, -0.1) is 0 Å². The topological polar surface area (TPSA) is 115 Å². The number of rotatable bonds is 8. The van der Waals surface area contributed by atoms with E-state index in [1.54, 1.807) is 38.2 Å². The number of aromatic nitrogens is 4. The number of ether oxygens (including phenoxy) is 1. The molecule has 1 aliphatic carbocycles. The maximum atomic E-state index is 15.0. The molecule has 2 N–H and O–H groups in total. The van der Waals surface area contributed by atoms with Crippen LogP contribution in [0.15, 0.2) is 41.2 Å². The van der Waals surface area contributed by atoms with Crippen molar-refractivity contribution in [1.82, 2.24) is 19.5 Å². The van der Waals surface area contributed by atoms with Crippen molar-refractivity contribution in [2.45, 2.75) is 51.5 Å². The van der Waals surface area contributed by atoms with Crippen LogP contribution >= 0.6 is 0 Å². The lowest BCUT2D eigenvalue weighted by molar-refractivity contribution is -0.0274. The molecule has 9 nitrogen and oxygen atoms in total. The van der Waals surface area contributed by atoms with E-state index in [2.05, 4.69) is 20.4 Å². The molecule has 36 heavy (non-hydrogen) atoms. The number of carbonyl (C=O) groups is 1. The van der Waals surface area contributed by atoms with Crippen LogP contribution < -0.4 is 5.32 Å². The van der Waals surface area contributed by atoms with Gasteiger partial charge in [0.25, 0.3) is 5.91 Å². The van der Waals surface area contributed by atoms with Crippen LogP contribution in [0.3, 0.4) is 0 Å². The normalized spacial score (nSPS) is 17.5. The number of fused-ring (bicyclic) bond motifs is 1. The number of hydrogen-bond acceptors (Lipinski definition) is 7. The molecule has 0 aliphatic heterocycles. The Labute approximate surface area is 205 Å². The zero-order valence-corrected chi connectivity index (χ0v) is 20.0. The molecule has 0 saturated heterocycles. The predicted octanol–water partition coefficient (Wildman–Crippen LogP) is 4.20. The van der Waals surface area contributed by atoms with Gasteiger partial charge in [0, 0.05) is 23.0 Å². The number of halogens is 2. The summed E-state index contributed by atoms with van der Waals surface area (Å²) in [7, 11) is 0. The summed E-state index contributed by atoms with van der Waals surface area (Å²) < 4.78 is 40.2. The van der Waals surface area contributed by atoms with Crippen LogP contribution in [0.25, 0.3) is 17.0 Å². The maximum Gasteiger partial charge on any atom is 0.274 e. The molecule has 0 unspecified atom stereocenters. The molecule has 3 heterocycles. The highest BCUT2D eigenvalue weighted by Crippen LogP contribution is 2.43. The highest BCUT2D eigenvalue weighted by Gasteiger charge is 2.43.